The van der Waals surface area contributed by atoms with E-state index in [-0.39, 0.29) is 0 Å². The second-order valence-electron chi connectivity index (χ2n) is 4.19. The van der Waals surface area contributed by atoms with Crippen molar-refractivity contribution in [1.82, 2.24) is 10.2 Å². The van der Waals surface area contributed by atoms with E-state index in [1.54, 1.807) is 11.3 Å². The summed E-state index contributed by atoms with van der Waals surface area (Å²) in [6.45, 7) is 0. The van der Waals surface area contributed by atoms with Crippen molar-refractivity contribution in [2.45, 2.75) is 17.2 Å². The third-order valence-electron chi connectivity index (χ3n) is 2.57. The highest BCUT2D eigenvalue weighted by molar-refractivity contribution is 8.01. The second kappa shape index (κ2) is 4.51. The number of anilines is 1. The Kier molecular flexibility index (Phi) is 3.47. The molecule has 0 amide bonds. The zero-order valence-electron chi connectivity index (χ0n) is 8.93. The molecule has 0 atom stereocenters. The third-order valence-corrected chi connectivity index (χ3v) is 5.82. The van der Waals surface area contributed by atoms with Crippen molar-refractivity contribution in [2.75, 3.05) is 30.5 Å². The molecule has 1 aromatic heterocycles. The van der Waals surface area contributed by atoms with E-state index in [2.05, 4.69) is 22.8 Å². The van der Waals surface area contributed by atoms with Gasteiger partial charge >= 0.3 is 0 Å². The van der Waals surface area contributed by atoms with Gasteiger partial charge in [-0.05, 0) is 24.0 Å². The minimum absolute atomic E-state index is 0.498. The van der Waals surface area contributed by atoms with Crippen molar-refractivity contribution >= 4 is 40.9 Å². The van der Waals surface area contributed by atoms with Crippen LogP contribution in [-0.2, 0) is 0 Å². The number of thiol groups is 1. The molecule has 0 radical (unpaired) electrons. The minimum Gasteiger partial charge on any atom is -0.353 e. The van der Waals surface area contributed by atoms with Crippen LogP contribution >= 0.6 is 35.7 Å². The van der Waals surface area contributed by atoms with Gasteiger partial charge in [0.15, 0.2) is 4.34 Å². The lowest BCUT2D eigenvalue weighted by Gasteiger charge is -2.08. The molecule has 1 aromatic rings. The van der Waals surface area contributed by atoms with Crippen LogP contribution < -0.4 is 4.90 Å². The molecule has 84 valence electrons. The van der Waals surface area contributed by atoms with Crippen molar-refractivity contribution < 1.29 is 0 Å². The topological polar surface area (TPSA) is 29.0 Å². The van der Waals surface area contributed by atoms with Gasteiger partial charge in [0, 0.05) is 19.8 Å². The van der Waals surface area contributed by atoms with Gasteiger partial charge in [0.1, 0.15) is 0 Å². The van der Waals surface area contributed by atoms with E-state index >= 15 is 0 Å². The van der Waals surface area contributed by atoms with E-state index in [1.807, 2.05) is 30.8 Å². The zero-order valence-corrected chi connectivity index (χ0v) is 11.5. The molecule has 1 aliphatic rings. The molecule has 0 aromatic carbocycles. The highest BCUT2D eigenvalue weighted by Crippen LogP contribution is 2.50. The number of nitrogens with zero attached hydrogens (tertiary/aromatic N) is 3. The fraction of sp³-hybridized carbons (Fsp3) is 0.778. The molecule has 1 heterocycles. The smallest absolute Gasteiger partial charge is 0.208 e. The summed E-state index contributed by atoms with van der Waals surface area (Å²) in [6, 6.07) is 0. The van der Waals surface area contributed by atoms with Crippen LogP contribution in [0.25, 0.3) is 0 Å². The lowest BCUT2D eigenvalue weighted by Crippen LogP contribution is -2.07. The Balaban J connectivity index is 1.88. The molecular weight excluding hydrogens is 246 g/mol. The van der Waals surface area contributed by atoms with Gasteiger partial charge in [-0.3, -0.25) is 0 Å². The molecule has 1 aliphatic carbocycles. The molecule has 1 saturated carbocycles. The molecule has 3 nitrogen and oxygen atoms in total. The van der Waals surface area contributed by atoms with Gasteiger partial charge in [0.25, 0.3) is 0 Å². The van der Waals surface area contributed by atoms with Gasteiger partial charge < -0.3 is 4.90 Å². The van der Waals surface area contributed by atoms with Crippen molar-refractivity contribution in [1.29, 1.82) is 0 Å². The summed E-state index contributed by atoms with van der Waals surface area (Å²) in [6.07, 6.45) is 2.64. The van der Waals surface area contributed by atoms with Crippen LogP contribution in [0.1, 0.15) is 12.8 Å². The molecular formula is C9H15N3S3. The van der Waals surface area contributed by atoms with Gasteiger partial charge in [0.2, 0.25) is 5.13 Å². The molecule has 0 saturated heterocycles. The van der Waals surface area contributed by atoms with Crippen LogP contribution in [0.2, 0.25) is 0 Å². The molecule has 0 spiro atoms. The molecule has 6 heteroatoms. The maximum Gasteiger partial charge on any atom is 0.208 e. The minimum atomic E-state index is 0.498. The predicted octanol–water partition coefficient (Wildman–Crippen LogP) is 2.41. The molecule has 2 rings (SSSR count). The summed E-state index contributed by atoms with van der Waals surface area (Å²) in [5.74, 6) is 2.14. The Morgan fingerprint density at radius 2 is 2.20 bits per heavy atom. The number of aromatic nitrogens is 2. The van der Waals surface area contributed by atoms with Gasteiger partial charge in [-0.25, -0.2) is 0 Å². The quantitative estimate of drug-likeness (QED) is 0.651. The lowest BCUT2D eigenvalue weighted by atomic mass is 10.2. The van der Waals surface area contributed by atoms with E-state index in [1.165, 1.54) is 12.8 Å². The van der Waals surface area contributed by atoms with E-state index < -0.39 is 0 Å². The molecule has 0 unspecified atom stereocenters. The normalized spacial score (nSPS) is 17.8. The summed E-state index contributed by atoms with van der Waals surface area (Å²) in [5, 5.41) is 9.26. The Hall–Kier alpha value is 0.0600. The Labute approximate surface area is 104 Å². The van der Waals surface area contributed by atoms with Gasteiger partial charge in [0.05, 0.1) is 0 Å². The number of hydrogen-bond acceptors (Lipinski definition) is 6. The van der Waals surface area contributed by atoms with E-state index in [4.69, 9.17) is 0 Å². The average molecular weight is 261 g/mol. The first-order chi connectivity index (χ1) is 7.15. The maximum atomic E-state index is 4.39. The Morgan fingerprint density at radius 3 is 2.67 bits per heavy atom. The molecule has 0 aliphatic heterocycles. The maximum absolute atomic E-state index is 4.39. The summed E-state index contributed by atoms with van der Waals surface area (Å²) >= 11 is 7.88. The first-order valence-electron chi connectivity index (χ1n) is 4.90. The Bertz CT molecular complexity index is 333. The largest absolute Gasteiger partial charge is 0.353 e. The lowest BCUT2D eigenvalue weighted by molar-refractivity contribution is 0.682. The fourth-order valence-corrected chi connectivity index (χ4v) is 3.82. The van der Waals surface area contributed by atoms with Crippen LogP contribution in [-0.4, -0.2) is 35.8 Å². The van der Waals surface area contributed by atoms with Crippen LogP contribution in [0, 0.1) is 5.41 Å². The Morgan fingerprint density at radius 1 is 1.47 bits per heavy atom. The van der Waals surface area contributed by atoms with Crippen molar-refractivity contribution in [3.8, 4) is 0 Å². The second-order valence-corrected chi connectivity index (χ2v) is 6.69. The fourth-order valence-electron chi connectivity index (χ4n) is 1.18. The van der Waals surface area contributed by atoms with E-state index in [0.29, 0.717) is 5.41 Å². The van der Waals surface area contributed by atoms with Gasteiger partial charge in [-0.1, -0.05) is 23.1 Å². The van der Waals surface area contributed by atoms with Crippen molar-refractivity contribution in [3.05, 3.63) is 0 Å². The summed E-state index contributed by atoms with van der Waals surface area (Å²) in [5.41, 5.74) is 0.498. The monoisotopic (exact) mass is 261 g/mol. The zero-order chi connectivity index (χ0) is 10.9. The highest BCUT2D eigenvalue weighted by atomic mass is 32.2. The first kappa shape index (κ1) is 11.5. The van der Waals surface area contributed by atoms with Gasteiger partial charge in [-0.15, -0.1) is 10.2 Å². The van der Waals surface area contributed by atoms with Crippen LogP contribution in [0.5, 0.6) is 0 Å². The predicted molar refractivity (Wildman–Crippen MR) is 70.5 cm³/mol. The van der Waals surface area contributed by atoms with Crippen LogP contribution in [0.4, 0.5) is 5.13 Å². The first-order valence-corrected chi connectivity index (χ1v) is 7.33. The average Bonchev–Trinajstić information content (AvgIpc) is 2.85. The standard InChI is InChI=1S/C9H15N3S3/c1-12(2)7-10-11-8(15-7)14-6-9(5-13)3-4-9/h13H,3-6H2,1-2H3. The van der Waals surface area contributed by atoms with Crippen molar-refractivity contribution in [3.63, 3.8) is 0 Å². The molecule has 0 N–H and O–H groups in total. The molecule has 0 bridgehead atoms. The summed E-state index contributed by atoms with van der Waals surface area (Å²) in [7, 11) is 3.98. The van der Waals surface area contributed by atoms with Crippen LogP contribution in [0.3, 0.4) is 0 Å². The summed E-state index contributed by atoms with van der Waals surface area (Å²) < 4.78 is 1.08. The van der Waals surface area contributed by atoms with Crippen molar-refractivity contribution in [2.24, 2.45) is 5.41 Å². The van der Waals surface area contributed by atoms with Gasteiger partial charge in [-0.2, -0.15) is 12.6 Å². The van der Waals surface area contributed by atoms with E-state index in [0.717, 1.165) is 21.0 Å². The highest BCUT2D eigenvalue weighted by Gasteiger charge is 2.41. The SMILES string of the molecule is CN(C)c1nnc(SCC2(CS)CC2)s1. The third kappa shape index (κ3) is 2.79. The van der Waals surface area contributed by atoms with Crippen LogP contribution in [0.15, 0.2) is 4.34 Å². The summed E-state index contributed by atoms with van der Waals surface area (Å²) in [4.78, 5) is 1.99. The molecule has 15 heavy (non-hydrogen) atoms. The molecule has 1 fully saturated rings. The number of rotatable bonds is 5. The number of thioether (sulfide) groups is 1. The number of hydrogen-bond donors (Lipinski definition) is 1. The van der Waals surface area contributed by atoms with E-state index in [9.17, 15) is 0 Å².